The number of esters is 1. The molecule has 0 fully saturated rings. The van der Waals surface area contributed by atoms with Crippen LogP contribution in [0.25, 0.3) is 11.5 Å². The standard InChI is InChI=1S/C16H10Br2N2O3/c17-11-7-5-10(6-8-11)15-20-19-14(23-15)9-22-16(21)12-3-1-2-4-13(12)18/h1-8H,9H2. The zero-order valence-electron chi connectivity index (χ0n) is 11.7. The largest absolute Gasteiger partial charge is 0.452 e. The predicted octanol–water partition coefficient (Wildman–Crippen LogP) is 4.62. The molecule has 1 aromatic heterocycles. The van der Waals surface area contributed by atoms with Crippen molar-refractivity contribution in [3.8, 4) is 11.5 Å². The summed E-state index contributed by atoms with van der Waals surface area (Å²) in [5, 5.41) is 7.84. The average molecular weight is 438 g/mol. The highest BCUT2D eigenvalue weighted by Gasteiger charge is 2.14. The molecule has 1 heterocycles. The maximum atomic E-state index is 12.0. The van der Waals surface area contributed by atoms with E-state index in [1.807, 2.05) is 30.3 Å². The van der Waals surface area contributed by atoms with Crippen LogP contribution < -0.4 is 0 Å². The molecule has 23 heavy (non-hydrogen) atoms. The second-order valence-electron chi connectivity index (χ2n) is 4.56. The van der Waals surface area contributed by atoms with E-state index in [-0.39, 0.29) is 12.5 Å². The minimum Gasteiger partial charge on any atom is -0.452 e. The molecule has 0 bridgehead atoms. The third-order valence-electron chi connectivity index (χ3n) is 2.98. The molecule has 3 rings (SSSR count). The van der Waals surface area contributed by atoms with Gasteiger partial charge in [0, 0.05) is 14.5 Å². The van der Waals surface area contributed by atoms with Gasteiger partial charge in [0.15, 0.2) is 6.61 Å². The van der Waals surface area contributed by atoms with Crippen LogP contribution in [0.2, 0.25) is 0 Å². The fraction of sp³-hybridized carbons (Fsp3) is 0.0625. The molecule has 0 radical (unpaired) electrons. The smallest absolute Gasteiger partial charge is 0.339 e. The first kappa shape index (κ1) is 15.9. The molecule has 0 N–H and O–H groups in total. The summed E-state index contributed by atoms with van der Waals surface area (Å²) in [6.07, 6.45) is 0. The number of benzene rings is 2. The second-order valence-corrected chi connectivity index (χ2v) is 6.33. The Hall–Kier alpha value is -1.99. The predicted molar refractivity (Wildman–Crippen MR) is 90.7 cm³/mol. The van der Waals surface area contributed by atoms with Crippen LogP contribution in [0.5, 0.6) is 0 Å². The highest BCUT2D eigenvalue weighted by atomic mass is 79.9. The Kier molecular flexibility index (Phi) is 4.88. The van der Waals surface area contributed by atoms with Gasteiger partial charge in [0.05, 0.1) is 5.56 Å². The van der Waals surface area contributed by atoms with Crippen molar-refractivity contribution in [1.29, 1.82) is 0 Å². The lowest BCUT2D eigenvalue weighted by molar-refractivity contribution is 0.0437. The lowest BCUT2D eigenvalue weighted by Gasteiger charge is -2.03. The monoisotopic (exact) mass is 436 g/mol. The van der Waals surface area contributed by atoms with Gasteiger partial charge >= 0.3 is 5.97 Å². The average Bonchev–Trinajstić information content (AvgIpc) is 3.03. The summed E-state index contributed by atoms with van der Waals surface area (Å²) in [4.78, 5) is 12.0. The number of nitrogens with zero attached hydrogens (tertiary/aromatic N) is 2. The molecule has 2 aromatic carbocycles. The van der Waals surface area contributed by atoms with Crippen molar-refractivity contribution in [2.75, 3.05) is 0 Å². The van der Waals surface area contributed by atoms with E-state index in [4.69, 9.17) is 9.15 Å². The molecule has 0 amide bonds. The zero-order valence-corrected chi connectivity index (χ0v) is 14.9. The van der Waals surface area contributed by atoms with Crippen LogP contribution in [-0.2, 0) is 11.3 Å². The Morgan fingerprint density at radius 2 is 1.78 bits per heavy atom. The number of hydrogen-bond donors (Lipinski definition) is 0. The van der Waals surface area contributed by atoms with E-state index in [0.717, 1.165) is 10.0 Å². The van der Waals surface area contributed by atoms with E-state index in [9.17, 15) is 4.79 Å². The van der Waals surface area contributed by atoms with E-state index >= 15 is 0 Å². The molecule has 0 unspecified atom stereocenters. The summed E-state index contributed by atoms with van der Waals surface area (Å²) < 4.78 is 12.3. The highest BCUT2D eigenvalue weighted by Crippen LogP contribution is 2.21. The number of aromatic nitrogens is 2. The molecule has 3 aromatic rings. The highest BCUT2D eigenvalue weighted by molar-refractivity contribution is 9.10. The molecule has 5 nitrogen and oxygen atoms in total. The summed E-state index contributed by atoms with van der Waals surface area (Å²) in [6.45, 7) is -0.0797. The van der Waals surface area contributed by atoms with Crippen molar-refractivity contribution in [2.45, 2.75) is 6.61 Å². The minimum absolute atomic E-state index is 0.0797. The van der Waals surface area contributed by atoms with Gasteiger partial charge < -0.3 is 9.15 Å². The summed E-state index contributed by atoms with van der Waals surface area (Å²) in [5.74, 6) is 0.161. The van der Waals surface area contributed by atoms with Crippen LogP contribution in [0.1, 0.15) is 16.2 Å². The first-order valence-corrected chi connectivity index (χ1v) is 8.22. The van der Waals surface area contributed by atoms with Crippen LogP contribution in [0, 0.1) is 0 Å². The molecule has 0 spiro atoms. The molecule has 0 aliphatic rings. The van der Waals surface area contributed by atoms with Gasteiger partial charge in [-0.1, -0.05) is 28.1 Å². The molecule has 0 atom stereocenters. The first-order valence-electron chi connectivity index (χ1n) is 6.63. The van der Waals surface area contributed by atoms with Crippen molar-refractivity contribution < 1.29 is 13.9 Å². The summed E-state index contributed by atoms with van der Waals surface area (Å²) in [7, 11) is 0. The van der Waals surface area contributed by atoms with E-state index in [0.29, 0.717) is 15.9 Å². The van der Waals surface area contributed by atoms with Gasteiger partial charge in [-0.15, -0.1) is 10.2 Å². The minimum atomic E-state index is -0.458. The van der Waals surface area contributed by atoms with Crippen molar-refractivity contribution in [3.63, 3.8) is 0 Å². The van der Waals surface area contributed by atoms with Crippen LogP contribution >= 0.6 is 31.9 Å². The van der Waals surface area contributed by atoms with Gasteiger partial charge in [-0.05, 0) is 52.3 Å². The molecule has 0 saturated carbocycles. The van der Waals surface area contributed by atoms with Crippen molar-refractivity contribution in [3.05, 3.63) is 68.9 Å². The van der Waals surface area contributed by atoms with E-state index in [2.05, 4.69) is 42.1 Å². The number of halogens is 2. The first-order chi connectivity index (χ1) is 11.1. The Morgan fingerprint density at radius 1 is 1.04 bits per heavy atom. The van der Waals surface area contributed by atoms with E-state index < -0.39 is 5.97 Å². The van der Waals surface area contributed by atoms with Crippen LogP contribution in [0.3, 0.4) is 0 Å². The molecular weight excluding hydrogens is 428 g/mol. The zero-order chi connectivity index (χ0) is 16.2. The quantitative estimate of drug-likeness (QED) is 0.557. The Balaban J connectivity index is 1.67. The van der Waals surface area contributed by atoms with Gasteiger partial charge in [-0.25, -0.2) is 4.79 Å². The normalized spacial score (nSPS) is 10.5. The Morgan fingerprint density at radius 3 is 2.52 bits per heavy atom. The number of carbonyl (C=O) groups is 1. The van der Waals surface area contributed by atoms with E-state index in [1.54, 1.807) is 18.2 Å². The molecular formula is C16H10Br2N2O3. The SMILES string of the molecule is O=C(OCc1nnc(-c2ccc(Br)cc2)o1)c1ccccc1Br. The number of ether oxygens (including phenoxy) is 1. The lowest BCUT2D eigenvalue weighted by atomic mass is 10.2. The van der Waals surface area contributed by atoms with Gasteiger partial charge in [0.1, 0.15) is 0 Å². The molecule has 116 valence electrons. The maximum absolute atomic E-state index is 12.0. The van der Waals surface area contributed by atoms with E-state index in [1.165, 1.54) is 0 Å². The Labute approximate surface area is 148 Å². The molecule has 0 aliphatic heterocycles. The maximum Gasteiger partial charge on any atom is 0.339 e. The van der Waals surface area contributed by atoms with Crippen molar-refractivity contribution in [1.82, 2.24) is 10.2 Å². The van der Waals surface area contributed by atoms with Gasteiger partial charge in [0.25, 0.3) is 5.89 Å². The third kappa shape index (κ3) is 3.86. The summed E-state index contributed by atoms with van der Waals surface area (Å²) >= 11 is 6.67. The van der Waals surface area contributed by atoms with Gasteiger partial charge in [-0.3, -0.25) is 0 Å². The molecule has 0 saturated heterocycles. The number of carbonyl (C=O) groups excluding carboxylic acids is 1. The van der Waals surface area contributed by atoms with Crippen LogP contribution in [0.15, 0.2) is 61.9 Å². The fourth-order valence-electron chi connectivity index (χ4n) is 1.85. The topological polar surface area (TPSA) is 65.2 Å². The fourth-order valence-corrected chi connectivity index (χ4v) is 2.56. The van der Waals surface area contributed by atoms with Crippen LogP contribution in [0.4, 0.5) is 0 Å². The van der Waals surface area contributed by atoms with Gasteiger partial charge in [-0.2, -0.15) is 0 Å². The lowest BCUT2D eigenvalue weighted by Crippen LogP contribution is -2.06. The Bertz CT molecular complexity index is 831. The van der Waals surface area contributed by atoms with Crippen LogP contribution in [-0.4, -0.2) is 16.2 Å². The second kappa shape index (κ2) is 7.06. The molecule has 0 aliphatic carbocycles. The summed E-state index contributed by atoms with van der Waals surface area (Å²) in [6, 6.07) is 14.5. The third-order valence-corrected chi connectivity index (χ3v) is 4.20. The van der Waals surface area contributed by atoms with Crippen molar-refractivity contribution in [2.24, 2.45) is 0 Å². The summed E-state index contributed by atoms with van der Waals surface area (Å²) in [5.41, 5.74) is 1.24. The number of rotatable bonds is 4. The molecule has 7 heteroatoms. The number of hydrogen-bond acceptors (Lipinski definition) is 5. The van der Waals surface area contributed by atoms with Crippen molar-refractivity contribution >= 4 is 37.8 Å². The van der Waals surface area contributed by atoms with Gasteiger partial charge in [0.2, 0.25) is 5.89 Å².